The topological polar surface area (TPSA) is 75.0 Å². The third-order valence-electron chi connectivity index (χ3n) is 4.25. The van der Waals surface area contributed by atoms with E-state index >= 15 is 0 Å². The monoisotopic (exact) mass is 460 g/mol. The standard InChI is InChI=1S/C22H21BrO6/c1-4-26-21(24)19-13(3)28-17-12-16(23)18(11-15(17)19)29-20(22(25)27-5-2)14-9-7-6-8-10-14/h6-12,20H,4-5H2,1-3H3. The molecular weight excluding hydrogens is 440 g/mol. The van der Waals surface area contributed by atoms with Crippen molar-refractivity contribution in [3.63, 3.8) is 0 Å². The first-order valence-electron chi connectivity index (χ1n) is 9.24. The second kappa shape index (κ2) is 9.13. The summed E-state index contributed by atoms with van der Waals surface area (Å²) in [6.07, 6.45) is -0.955. The third-order valence-corrected chi connectivity index (χ3v) is 4.87. The first-order valence-corrected chi connectivity index (χ1v) is 10.0. The lowest BCUT2D eigenvalue weighted by atomic mass is 10.1. The van der Waals surface area contributed by atoms with Crippen LogP contribution in [-0.2, 0) is 14.3 Å². The van der Waals surface area contributed by atoms with E-state index in [1.807, 2.05) is 18.2 Å². The highest BCUT2D eigenvalue weighted by Gasteiger charge is 2.27. The quantitative estimate of drug-likeness (QED) is 0.441. The normalized spacial score (nSPS) is 11.9. The molecular formula is C22H21BrO6. The maximum Gasteiger partial charge on any atom is 0.352 e. The lowest BCUT2D eigenvalue weighted by Crippen LogP contribution is -2.21. The molecule has 0 saturated carbocycles. The average Bonchev–Trinajstić information content (AvgIpc) is 3.01. The lowest BCUT2D eigenvalue weighted by molar-refractivity contribution is -0.151. The first kappa shape index (κ1) is 20.9. The third kappa shape index (κ3) is 4.45. The Morgan fingerprint density at radius 1 is 1.07 bits per heavy atom. The number of ether oxygens (including phenoxy) is 3. The van der Waals surface area contributed by atoms with E-state index in [2.05, 4.69) is 15.9 Å². The zero-order valence-electron chi connectivity index (χ0n) is 16.4. The summed E-state index contributed by atoms with van der Waals surface area (Å²) in [5.74, 6) is -0.139. The predicted molar refractivity (Wildman–Crippen MR) is 111 cm³/mol. The van der Waals surface area contributed by atoms with E-state index in [1.165, 1.54) is 0 Å². The molecule has 1 heterocycles. The Balaban J connectivity index is 2.05. The van der Waals surface area contributed by atoms with Crippen LogP contribution in [0.25, 0.3) is 11.0 Å². The number of hydrogen-bond donors (Lipinski definition) is 0. The highest BCUT2D eigenvalue weighted by atomic mass is 79.9. The van der Waals surface area contributed by atoms with E-state index in [1.54, 1.807) is 45.0 Å². The van der Waals surface area contributed by atoms with Crippen LogP contribution in [-0.4, -0.2) is 25.2 Å². The molecule has 7 heteroatoms. The molecule has 3 aromatic rings. The smallest absolute Gasteiger partial charge is 0.352 e. The zero-order chi connectivity index (χ0) is 21.0. The van der Waals surface area contributed by atoms with Crippen LogP contribution < -0.4 is 4.74 Å². The molecule has 1 atom stereocenters. The van der Waals surface area contributed by atoms with Crippen molar-refractivity contribution >= 4 is 38.8 Å². The lowest BCUT2D eigenvalue weighted by Gasteiger charge is -2.19. The minimum absolute atomic E-state index is 0.236. The van der Waals surface area contributed by atoms with E-state index in [-0.39, 0.29) is 13.2 Å². The van der Waals surface area contributed by atoms with Gasteiger partial charge in [-0.1, -0.05) is 30.3 Å². The molecule has 152 valence electrons. The highest BCUT2D eigenvalue weighted by molar-refractivity contribution is 9.10. The molecule has 0 aliphatic rings. The Morgan fingerprint density at radius 2 is 1.76 bits per heavy atom. The van der Waals surface area contributed by atoms with Crippen molar-refractivity contribution in [2.75, 3.05) is 13.2 Å². The number of hydrogen-bond acceptors (Lipinski definition) is 6. The van der Waals surface area contributed by atoms with Crippen molar-refractivity contribution in [2.24, 2.45) is 0 Å². The van der Waals surface area contributed by atoms with Crippen LogP contribution in [0.2, 0.25) is 0 Å². The molecule has 1 unspecified atom stereocenters. The number of aryl methyl sites for hydroxylation is 1. The summed E-state index contributed by atoms with van der Waals surface area (Å²) in [4.78, 5) is 24.9. The SMILES string of the molecule is CCOC(=O)c1c(C)oc2cc(Br)c(OC(C(=O)OCC)c3ccccc3)cc12. The van der Waals surface area contributed by atoms with E-state index in [4.69, 9.17) is 18.6 Å². The molecule has 3 rings (SSSR count). The van der Waals surface area contributed by atoms with Gasteiger partial charge in [-0.2, -0.15) is 0 Å². The summed E-state index contributed by atoms with van der Waals surface area (Å²) in [6, 6.07) is 12.4. The Kier molecular flexibility index (Phi) is 6.59. The van der Waals surface area contributed by atoms with E-state index in [9.17, 15) is 9.59 Å². The summed E-state index contributed by atoms with van der Waals surface area (Å²) >= 11 is 3.45. The Bertz CT molecular complexity index is 1020. The number of benzene rings is 2. The summed E-state index contributed by atoms with van der Waals surface area (Å²) in [7, 11) is 0. The van der Waals surface area contributed by atoms with Gasteiger partial charge in [-0.05, 0) is 48.8 Å². The number of rotatable bonds is 7. The Morgan fingerprint density at radius 3 is 2.41 bits per heavy atom. The van der Waals surface area contributed by atoms with Gasteiger partial charge in [0.15, 0.2) is 0 Å². The van der Waals surface area contributed by atoms with Gasteiger partial charge in [0.2, 0.25) is 6.10 Å². The van der Waals surface area contributed by atoms with Crippen LogP contribution in [0.4, 0.5) is 0 Å². The molecule has 0 spiro atoms. The molecule has 6 nitrogen and oxygen atoms in total. The highest BCUT2D eigenvalue weighted by Crippen LogP contribution is 2.37. The summed E-state index contributed by atoms with van der Waals surface area (Å²) < 4.78 is 22.6. The van der Waals surface area contributed by atoms with Gasteiger partial charge in [-0.3, -0.25) is 0 Å². The van der Waals surface area contributed by atoms with Gasteiger partial charge in [-0.15, -0.1) is 0 Å². The molecule has 0 N–H and O–H groups in total. The number of halogens is 1. The number of esters is 2. The van der Waals surface area contributed by atoms with E-state index < -0.39 is 18.0 Å². The van der Waals surface area contributed by atoms with Crippen LogP contribution in [0.5, 0.6) is 5.75 Å². The number of carbonyl (C=O) groups excluding carboxylic acids is 2. The predicted octanol–water partition coefficient (Wildman–Crippen LogP) is 5.36. The molecule has 1 aromatic heterocycles. The van der Waals surface area contributed by atoms with Crippen LogP contribution in [0.1, 0.15) is 41.6 Å². The molecule has 0 amide bonds. The fraction of sp³-hybridized carbons (Fsp3) is 0.273. The molecule has 0 radical (unpaired) electrons. The van der Waals surface area contributed by atoms with Gasteiger partial charge >= 0.3 is 11.9 Å². The van der Waals surface area contributed by atoms with Crippen molar-refractivity contribution in [3.05, 3.63) is 63.8 Å². The van der Waals surface area contributed by atoms with Gasteiger partial charge in [0.1, 0.15) is 22.7 Å². The van der Waals surface area contributed by atoms with Crippen LogP contribution in [0.3, 0.4) is 0 Å². The summed E-state index contributed by atoms with van der Waals surface area (Å²) in [5, 5.41) is 0.551. The summed E-state index contributed by atoms with van der Waals surface area (Å²) in [5.41, 5.74) is 1.51. The number of carbonyl (C=O) groups is 2. The van der Waals surface area contributed by atoms with Crippen molar-refractivity contribution in [2.45, 2.75) is 26.9 Å². The van der Waals surface area contributed by atoms with Crippen molar-refractivity contribution < 1.29 is 28.2 Å². The van der Waals surface area contributed by atoms with Crippen LogP contribution in [0, 0.1) is 6.92 Å². The minimum Gasteiger partial charge on any atom is -0.473 e. The summed E-state index contributed by atoms with van der Waals surface area (Å²) in [6.45, 7) is 5.67. The van der Waals surface area contributed by atoms with Crippen molar-refractivity contribution in [3.8, 4) is 5.75 Å². The average molecular weight is 461 g/mol. The van der Waals surface area contributed by atoms with Crippen molar-refractivity contribution in [1.29, 1.82) is 0 Å². The molecule has 0 fully saturated rings. The second-order valence-corrected chi connectivity index (χ2v) is 7.05. The molecule has 0 bridgehead atoms. The van der Waals surface area contributed by atoms with Gasteiger partial charge in [0, 0.05) is 10.9 Å². The van der Waals surface area contributed by atoms with Crippen molar-refractivity contribution in [1.82, 2.24) is 0 Å². The largest absolute Gasteiger partial charge is 0.473 e. The van der Waals surface area contributed by atoms with Gasteiger partial charge < -0.3 is 18.6 Å². The molecule has 0 aliphatic heterocycles. The fourth-order valence-electron chi connectivity index (χ4n) is 2.99. The van der Waals surface area contributed by atoms with Gasteiger partial charge in [-0.25, -0.2) is 9.59 Å². The number of furan rings is 1. The first-order chi connectivity index (χ1) is 14.0. The van der Waals surface area contributed by atoms with Crippen LogP contribution >= 0.6 is 15.9 Å². The second-order valence-electron chi connectivity index (χ2n) is 6.19. The zero-order valence-corrected chi connectivity index (χ0v) is 17.9. The maximum absolute atomic E-state index is 12.5. The molecule has 0 saturated heterocycles. The number of fused-ring (bicyclic) bond motifs is 1. The van der Waals surface area contributed by atoms with Gasteiger partial charge in [0.05, 0.1) is 17.7 Å². The van der Waals surface area contributed by atoms with Crippen LogP contribution in [0.15, 0.2) is 51.4 Å². The van der Waals surface area contributed by atoms with Gasteiger partial charge in [0.25, 0.3) is 0 Å². The van der Waals surface area contributed by atoms with E-state index in [0.29, 0.717) is 38.1 Å². The molecule has 0 aliphatic carbocycles. The Labute approximate surface area is 176 Å². The fourth-order valence-corrected chi connectivity index (χ4v) is 3.41. The van der Waals surface area contributed by atoms with E-state index in [0.717, 1.165) is 0 Å². The molecule has 29 heavy (non-hydrogen) atoms. The minimum atomic E-state index is -0.955. The maximum atomic E-state index is 12.5. The Hall–Kier alpha value is -2.80. The molecule has 2 aromatic carbocycles.